The highest BCUT2D eigenvalue weighted by Crippen LogP contribution is 2.20. The van der Waals surface area contributed by atoms with Crippen LogP contribution in [0.3, 0.4) is 0 Å². The molecular formula is C16H18ClN3O3. The van der Waals surface area contributed by atoms with Crippen molar-refractivity contribution in [1.29, 1.82) is 0 Å². The third-order valence-electron chi connectivity index (χ3n) is 4.27. The fraction of sp³-hybridized carbons (Fsp3) is 0.438. The molecule has 2 saturated heterocycles. The predicted molar refractivity (Wildman–Crippen MR) is 86.2 cm³/mol. The van der Waals surface area contributed by atoms with Crippen molar-refractivity contribution >= 4 is 35.0 Å². The zero-order valence-corrected chi connectivity index (χ0v) is 13.5. The summed E-state index contributed by atoms with van der Waals surface area (Å²) in [5.74, 6) is -0.657. The van der Waals surface area contributed by atoms with E-state index in [4.69, 9.17) is 11.6 Å². The molecule has 0 spiro atoms. The van der Waals surface area contributed by atoms with Gasteiger partial charge in [-0.2, -0.15) is 0 Å². The second kappa shape index (κ2) is 6.58. The molecule has 2 aliphatic rings. The van der Waals surface area contributed by atoms with Crippen molar-refractivity contribution in [2.24, 2.45) is 0 Å². The number of likely N-dealkylation sites (tertiary alicyclic amines) is 1. The zero-order chi connectivity index (χ0) is 16.4. The first-order valence-corrected chi connectivity index (χ1v) is 8.04. The highest BCUT2D eigenvalue weighted by molar-refractivity contribution is 6.30. The lowest BCUT2D eigenvalue weighted by molar-refractivity contribution is -0.145. The number of hydrogen-bond acceptors (Lipinski definition) is 4. The van der Waals surface area contributed by atoms with Crippen molar-refractivity contribution in [3.8, 4) is 0 Å². The minimum absolute atomic E-state index is 0.126. The van der Waals surface area contributed by atoms with Gasteiger partial charge in [0.05, 0.1) is 0 Å². The monoisotopic (exact) mass is 335 g/mol. The van der Waals surface area contributed by atoms with Crippen molar-refractivity contribution in [2.45, 2.75) is 12.8 Å². The Hall–Kier alpha value is -2.08. The molecule has 2 fully saturated rings. The SMILES string of the molecule is O=C(CN1C(=O)CCC1=O)N1CCN(c2ccc(Cl)cc2)CC1. The lowest BCUT2D eigenvalue weighted by atomic mass is 10.2. The van der Waals surface area contributed by atoms with Crippen LogP contribution in [-0.4, -0.2) is 60.2 Å². The summed E-state index contributed by atoms with van der Waals surface area (Å²) >= 11 is 5.89. The Morgan fingerprint density at radius 3 is 2.09 bits per heavy atom. The van der Waals surface area contributed by atoms with E-state index in [2.05, 4.69) is 4.90 Å². The van der Waals surface area contributed by atoms with Crippen LogP contribution in [0.2, 0.25) is 5.02 Å². The van der Waals surface area contributed by atoms with Crippen molar-refractivity contribution in [1.82, 2.24) is 9.80 Å². The molecule has 0 aliphatic carbocycles. The minimum atomic E-state index is -0.247. The van der Waals surface area contributed by atoms with E-state index in [9.17, 15) is 14.4 Å². The molecule has 0 saturated carbocycles. The summed E-state index contributed by atoms with van der Waals surface area (Å²) in [5, 5.41) is 0.697. The molecule has 3 rings (SSSR count). The standard InChI is InChI=1S/C16H18ClN3O3/c17-12-1-3-13(4-2-12)18-7-9-19(10-8-18)16(23)11-20-14(21)5-6-15(20)22/h1-4H,5-11H2. The third-order valence-corrected chi connectivity index (χ3v) is 4.52. The van der Waals surface area contributed by atoms with E-state index in [0.717, 1.165) is 23.7 Å². The molecule has 0 bridgehead atoms. The number of carbonyl (C=O) groups is 3. The van der Waals surface area contributed by atoms with Crippen LogP contribution in [0.5, 0.6) is 0 Å². The highest BCUT2D eigenvalue weighted by atomic mass is 35.5. The van der Waals surface area contributed by atoms with Crippen LogP contribution in [0.4, 0.5) is 5.69 Å². The molecule has 2 aliphatic heterocycles. The molecule has 23 heavy (non-hydrogen) atoms. The average Bonchev–Trinajstić information content (AvgIpc) is 2.87. The quantitative estimate of drug-likeness (QED) is 0.777. The number of carbonyl (C=O) groups excluding carboxylic acids is 3. The summed E-state index contributed by atoms with van der Waals surface area (Å²) in [6, 6.07) is 7.61. The number of nitrogens with zero attached hydrogens (tertiary/aromatic N) is 3. The molecule has 1 aromatic rings. The molecule has 2 heterocycles. The Morgan fingerprint density at radius 2 is 1.52 bits per heavy atom. The normalized spacial score (nSPS) is 18.7. The molecular weight excluding hydrogens is 318 g/mol. The first kappa shape index (κ1) is 15.8. The Morgan fingerprint density at radius 1 is 0.957 bits per heavy atom. The van der Waals surface area contributed by atoms with E-state index in [1.807, 2.05) is 24.3 Å². The summed E-state index contributed by atoms with van der Waals surface area (Å²) in [5.41, 5.74) is 1.08. The van der Waals surface area contributed by atoms with Crippen LogP contribution >= 0.6 is 11.6 Å². The van der Waals surface area contributed by atoms with Gasteiger partial charge in [0.1, 0.15) is 6.54 Å². The second-order valence-corrected chi connectivity index (χ2v) is 6.15. The van der Waals surface area contributed by atoms with E-state index >= 15 is 0 Å². The molecule has 122 valence electrons. The largest absolute Gasteiger partial charge is 0.368 e. The molecule has 3 amide bonds. The van der Waals surface area contributed by atoms with Crippen LogP contribution in [0.15, 0.2) is 24.3 Å². The topological polar surface area (TPSA) is 60.9 Å². The van der Waals surface area contributed by atoms with E-state index in [0.29, 0.717) is 18.1 Å². The molecule has 1 aromatic carbocycles. The number of anilines is 1. The number of benzene rings is 1. The number of rotatable bonds is 3. The van der Waals surface area contributed by atoms with Gasteiger partial charge in [0.2, 0.25) is 17.7 Å². The van der Waals surface area contributed by atoms with Gasteiger partial charge in [-0.3, -0.25) is 19.3 Å². The maximum atomic E-state index is 12.3. The van der Waals surface area contributed by atoms with Crippen molar-refractivity contribution < 1.29 is 14.4 Å². The maximum Gasteiger partial charge on any atom is 0.242 e. The Kier molecular flexibility index (Phi) is 4.52. The number of amides is 3. The van der Waals surface area contributed by atoms with Gasteiger partial charge in [-0.05, 0) is 24.3 Å². The van der Waals surface area contributed by atoms with Crippen molar-refractivity contribution in [3.05, 3.63) is 29.3 Å². The number of piperazine rings is 1. The van der Waals surface area contributed by atoms with E-state index in [-0.39, 0.29) is 37.1 Å². The van der Waals surface area contributed by atoms with Gasteiger partial charge >= 0.3 is 0 Å². The van der Waals surface area contributed by atoms with Gasteiger partial charge < -0.3 is 9.80 Å². The van der Waals surface area contributed by atoms with Crippen molar-refractivity contribution in [3.63, 3.8) is 0 Å². The van der Waals surface area contributed by atoms with Crippen LogP contribution in [0, 0.1) is 0 Å². The van der Waals surface area contributed by atoms with Gasteiger partial charge in [-0.15, -0.1) is 0 Å². The summed E-state index contributed by atoms with van der Waals surface area (Å²) in [4.78, 5) is 40.4. The second-order valence-electron chi connectivity index (χ2n) is 5.72. The van der Waals surface area contributed by atoms with E-state index in [1.54, 1.807) is 4.90 Å². The van der Waals surface area contributed by atoms with Gasteiger partial charge in [0, 0.05) is 49.7 Å². The molecule has 0 N–H and O–H groups in total. The lowest BCUT2D eigenvalue weighted by Gasteiger charge is -2.36. The van der Waals surface area contributed by atoms with Crippen LogP contribution < -0.4 is 4.90 Å². The summed E-state index contributed by atoms with van der Waals surface area (Å²) < 4.78 is 0. The molecule has 0 unspecified atom stereocenters. The predicted octanol–water partition coefficient (Wildman–Crippen LogP) is 1.14. The first-order chi connectivity index (χ1) is 11.0. The number of imide groups is 1. The van der Waals surface area contributed by atoms with Crippen LogP contribution in [-0.2, 0) is 14.4 Å². The molecule has 0 radical (unpaired) electrons. The molecule has 6 nitrogen and oxygen atoms in total. The van der Waals surface area contributed by atoms with Gasteiger partial charge in [-0.1, -0.05) is 11.6 Å². The third kappa shape index (κ3) is 3.47. The average molecular weight is 336 g/mol. The molecule has 0 atom stereocenters. The number of halogens is 1. The highest BCUT2D eigenvalue weighted by Gasteiger charge is 2.32. The lowest BCUT2D eigenvalue weighted by Crippen LogP contribution is -2.51. The van der Waals surface area contributed by atoms with Crippen LogP contribution in [0.25, 0.3) is 0 Å². The smallest absolute Gasteiger partial charge is 0.242 e. The fourth-order valence-electron chi connectivity index (χ4n) is 2.90. The number of hydrogen-bond donors (Lipinski definition) is 0. The van der Waals surface area contributed by atoms with Gasteiger partial charge in [0.25, 0.3) is 0 Å². The molecule has 7 heteroatoms. The summed E-state index contributed by atoms with van der Waals surface area (Å²) in [6.07, 6.45) is 0.437. The Bertz CT molecular complexity index is 608. The van der Waals surface area contributed by atoms with Gasteiger partial charge in [-0.25, -0.2) is 0 Å². The maximum absolute atomic E-state index is 12.3. The summed E-state index contributed by atoms with van der Waals surface area (Å²) in [6.45, 7) is 2.47. The van der Waals surface area contributed by atoms with E-state index < -0.39 is 0 Å². The Balaban J connectivity index is 1.54. The van der Waals surface area contributed by atoms with Crippen LogP contribution in [0.1, 0.15) is 12.8 Å². The minimum Gasteiger partial charge on any atom is -0.368 e. The zero-order valence-electron chi connectivity index (χ0n) is 12.7. The van der Waals surface area contributed by atoms with Gasteiger partial charge in [0.15, 0.2) is 0 Å². The first-order valence-electron chi connectivity index (χ1n) is 7.66. The van der Waals surface area contributed by atoms with E-state index in [1.165, 1.54) is 0 Å². The summed E-state index contributed by atoms with van der Waals surface area (Å²) in [7, 11) is 0. The fourth-order valence-corrected chi connectivity index (χ4v) is 3.03. The Labute approximate surface area is 139 Å². The molecule has 0 aromatic heterocycles. The van der Waals surface area contributed by atoms with Crippen molar-refractivity contribution in [2.75, 3.05) is 37.6 Å².